The van der Waals surface area contributed by atoms with E-state index in [2.05, 4.69) is 10.3 Å². The van der Waals surface area contributed by atoms with E-state index < -0.39 is 11.2 Å². The maximum Gasteiger partial charge on any atom is 0.329 e. The molecule has 0 saturated heterocycles. The Morgan fingerprint density at radius 2 is 1.89 bits per heavy atom. The lowest BCUT2D eigenvalue weighted by molar-refractivity contribution is 0.0941. The number of benzene rings is 1. The Labute approximate surface area is 102 Å². The van der Waals surface area contributed by atoms with E-state index in [-0.39, 0.29) is 12.6 Å². The van der Waals surface area contributed by atoms with Gasteiger partial charge in [0.05, 0.1) is 6.67 Å². The van der Waals surface area contributed by atoms with Crippen LogP contribution >= 0.6 is 0 Å². The van der Waals surface area contributed by atoms with Crippen LogP contribution in [-0.2, 0) is 6.67 Å². The molecule has 1 aromatic carbocycles. The third kappa shape index (κ3) is 2.73. The van der Waals surface area contributed by atoms with Gasteiger partial charge in [0.1, 0.15) is 0 Å². The second-order valence-corrected chi connectivity index (χ2v) is 3.61. The largest absolute Gasteiger partial charge is 0.334 e. The zero-order valence-electron chi connectivity index (χ0n) is 9.42. The molecular weight excluding hydrogens is 234 g/mol. The van der Waals surface area contributed by atoms with Crippen molar-refractivity contribution in [1.29, 1.82) is 0 Å². The van der Waals surface area contributed by atoms with E-state index in [1.54, 1.807) is 24.3 Å². The van der Waals surface area contributed by atoms with Crippen LogP contribution in [0, 0.1) is 0 Å². The van der Waals surface area contributed by atoms with E-state index in [0.29, 0.717) is 5.56 Å². The highest BCUT2D eigenvalue weighted by Gasteiger charge is 2.04. The van der Waals surface area contributed by atoms with Gasteiger partial charge in [0.25, 0.3) is 11.5 Å². The molecule has 1 aromatic heterocycles. The molecule has 0 saturated carbocycles. The third-order valence-electron chi connectivity index (χ3n) is 2.34. The molecule has 92 valence electrons. The van der Waals surface area contributed by atoms with E-state index in [1.165, 1.54) is 16.8 Å². The number of amides is 1. The molecule has 0 aliphatic rings. The summed E-state index contributed by atoms with van der Waals surface area (Å²) in [6.07, 6.45) is 1.33. The number of hydrogen-bond acceptors (Lipinski definition) is 3. The maximum atomic E-state index is 11.7. The van der Waals surface area contributed by atoms with Crippen LogP contribution < -0.4 is 16.6 Å². The first-order valence-electron chi connectivity index (χ1n) is 5.30. The van der Waals surface area contributed by atoms with Gasteiger partial charge in [-0.2, -0.15) is 0 Å². The van der Waals surface area contributed by atoms with Crippen LogP contribution in [0.1, 0.15) is 10.4 Å². The van der Waals surface area contributed by atoms with Gasteiger partial charge in [-0.1, -0.05) is 18.2 Å². The van der Waals surface area contributed by atoms with Gasteiger partial charge in [-0.15, -0.1) is 0 Å². The van der Waals surface area contributed by atoms with E-state index in [1.807, 2.05) is 6.07 Å². The molecule has 18 heavy (non-hydrogen) atoms. The van der Waals surface area contributed by atoms with Crippen molar-refractivity contribution in [2.75, 3.05) is 0 Å². The molecule has 0 bridgehead atoms. The standard InChI is InChI=1S/C12H11N3O3/c16-10-6-7-15(12(18)14-10)8-13-11(17)9-4-2-1-3-5-9/h1-7H,8H2,(H,13,17)(H,14,16,18). The molecule has 1 amide bonds. The van der Waals surface area contributed by atoms with Gasteiger partial charge in [-0.25, -0.2) is 4.79 Å². The zero-order valence-corrected chi connectivity index (χ0v) is 9.42. The molecule has 0 atom stereocenters. The highest BCUT2D eigenvalue weighted by atomic mass is 16.2. The first-order chi connectivity index (χ1) is 8.66. The molecule has 0 aliphatic heterocycles. The van der Waals surface area contributed by atoms with Crippen LogP contribution in [0.25, 0.3) is 0 Å². The van der Waals surface area contributed by atoms with Crippen LogP contribution in [-0.4, -0.2) is 15.5 Å². The first kappa shape index (κ1) is 11.8. The van der Waals surface area contributed by atoms with Gasteiger partial charge >= 0.3 is 5.69 Å². The van der Waals surface area contributed by atoms with Crippen LogP contribution in [0.2, 0.25) is 0 Å². The Bertz CT molecular complexity index is 658. The molecule has 0 unspecified atom stereocenters. The van der Waals surface area contributed by atoms with Crippen LogP contribution in [0.15, 0.2) is 52.2 Å². The molecule has 0 radical (unpaired) electrons. The fourth-order valence-electron chi connectivity index (χ4n) is 1.42. The number of carbonyl (C=O) groups excluding carboxylic acids is 1. The van der Waals surface area contributed by atoms with E-state index in [9.17, 15) is 14.4 Å². The Morgan fingerprint density at radius 3 is 2.56 bits per heavy atom. The number of hydrogen-bond donors (Lipinski definition) is 2. The molecule has 0 spiro atoms. The summed E-state index contributed by atoms with van der Waals surface area (Å²) >= 11 is 0. The predicted octanol–water partition coefficient (Wildman–Crippen LogP) is -0.0759. The van der Waals surface area contributed by atoms with Crippen molar-refractivity contribution in [3.8, 4) is 0 Å². The van der Waals surface area contributed by atoms with Gasteiger partial charge in [-0.05, 0) is 12.1 Å². The van der Waals surface area contributed by atoms with Gasteiger partial charge in [0, 0.05) is 17.8 Å². The summed E-state index contributed by atoms with van der Waals surface area (Å²) < 4.78 is 1.20. The first-order valence-corrected chi connectivity index (χ1v) is 5.30. The number of carbonyl (C=O) groups is 1. The van der Waals surface area contributed by atoms with Crippen molar-refractivity contribution in [3.05, 3.63) is 69.0 Å². The quantitative estimate of drug-likeness (QED) is 0.793. The summed E-state index contributed by atoms with van der Waals surface area (Å²) in [4.78, 5) is 36.0. The minimum Gasteiger partial charge on any atom is -0.334 e. The molecule has 0 aliphatic carbocycles. The van der Waals surface area contributed by atoms with Gasteiger partial charge in [0.15, 0.2) is 0 Å². The van der Waals surface area contributed by atoms with Crippen LogP contribution in [0.5, 0.6) is 0 Å². The highest BCUT2D eigenvalue weighted by Crippen LogP contribution is 1.97. The van der Waals surface area contributed by atoms with Gasteiger partial charge < -0.3 is 5.32 Å². The van der Waals surface area contributed by atoms with Crippen LogP contribution in [0.4, 0.5) is 0 Å². The molecule has 2 aromatic rings. The number of aromatic nitrogens is 2. The lowest BCUT2D eigenvalue weighted by Crippen LogP contribution is -2.35. The molecule has 1 heterocycles. The summed E-state index contributed by atoms with van der Waals surface area (Å²) in [7, 11) is 0. The number of nitrogens with one attached hydrogen (secondary N) is 2. The Hall–Kier alpha value is -2.63. The minimum atomic E-state index is -0.559. The van der Waals surface area contributed by atoms with E-state index in [4.69, 9.17) is 0 Å². The monoisotopic (exact) mass is 245 g/mol. The second kappa shape index (κ2) is 5.13. The summed E-state index contributed by atoms with van der Waals surface area (Å²) in [5, 5.41) is 2.58. The molecule has 6 nitrogen and oxygen atoms in total. The third-order valence-corrected chi connectivity index (χ3v) is 2.34. The molecule has 0 fully saturated rings. The number of H-pyrrole nitrogens is 1. The summed E-state index contributed by atoms with van der Waals surface area (Å²) in [5.41, 5.74) is -0.517. The summed E-state index contributed by atoms with van der Waals surface area (Å²) in [6.45, 7) is 0.00331. The maximum absolute atomic E-state index is 11.7. The Kier molecular flexibility index (Phi) is 3.38. The van der Waals surface area contributed by atoms with Crippen molar-refractivity contribution in [2.45, 2.75) is 6.67 Å². The van der Waals surface area contributed by atoms with Crippen molar-refractivity contribution in [1.82, 2.24) is 14.9 Å². The van der Waals surface area contributed by atoms with E-state index in [0.717, 1.165) is 0 Å². The molecule has 2 rings (SSSR count). The van der Waals surface area contributed by atoms with Gasteiger partial charge in [-0.3, -0.25) is 19.1 Å². The fraction of sp³-hybridized carbons (Fsp3) is 0.0833. The van der Waals surface area contributed by atoms with Gasteiger partial charge in [0.2, 0.25) is 0 Å². The van der Waals surface area contributed by atoms with Crippen molar-refractivity contribution < 1.29 is 4.79 Å². The molecular formula is C12H11N3O3. The molecule has 2 N–H and O–H groups in total. The van der Waals surface area contributed by atoms with Crippen molar-refractivity contribution in [3.63, 3.8) is 0 Å². The second-order valence-electron chi connectivity index (χ2n) is 3.61. The normalized spacial score (nSPS) is 10.0. The fourth-order valence-corrected chi connectivity index (χ4v) is 1.42. The summed E-state index contributed by atoms with van der Waals surface area (Å²) in [5.74, 6) is -0.284. The lowest BCUT2D eigenvalue weighted by Gasteiger charge is -2.06. The Balaban J connectivity index is 2.06. The average molecular weight is 245 g/mol. The number of aromatic amines is 1. The topological polar surface area (TPSA) is 84.0 Å². The number of rotatable bonds is 3. The van der Waals surface area contributed by atoms with E-state index >= 15 is 0 Å². The highest BCUT2D eigenvalue weighted by molar-refractivity contribution is 5.93. The Morgan fingerprint density at radius 1 is 1.17 bits per heavy atom. The average Bonchev–Trinajstić information content (AvgIpc) is 2.38. The van der Waals surface area contributed by atoms with Crippen LogP contribution in [0.3, 0.4) is 0 Å². The predicted molar refractivity (Wildman–Crippen MR) is 65.2 cm³/mol. The SMILES string of the molecule is O=C(NCn1ccc(=O)[nH]c1=O)c1ccccc1. The van der Waals surface area contributed by atoms with Crippen molar-refractivity contribution in [2.24, 2.45) is 0 Å². The zero-order chi connectivity index (χ0) is 13.0. The minimum absolute atomic E-state index is 0.00331. The lowest BCUT2D eigenvalue weighted by atomic mass is 10.2. The smallest absolute Gasteiger partial charge is 0.329 e. The number of nitrogens with zero attached hydrogens (tertiary/aromatic N) is 1. The van der Waals surface area contributed by atoms with Crippen molar-refractivity contribution >= 4 is 5.91 Å². The summed E-state index contributed by atoms with van der Waals surface area (Å²) in [6, 6.07) is 9.87. The molecule has 6 heteroatoms.